The second kappa shape index (κ2) is 7.93. The quantitative estimate of drug-likeness (QED) is 0.744. The minimum absolute atomic E-state index is 0.414. The molecule has 0 amide bonds. The molecule has 0 radical (unpaired) electrons. The molecule has 1 rings (SSSR count). The molecule has 1 aromatic carbocycles. The lowest BCUT2D eigenvalue weighted by Gasteiger charge is -2.15. The van der Waals surface area contributed by atoms with Crippen LogP contribution in [0.2, 0.25) is 10.0 Å². The van der Waals surface area contributed by atoms with Gasteiger partial charge < -0.3 is 10.6 Å². The topological polar surface area (TPSA) is 24.1 Å². The van der Waals surface area contributed by atoms with E-state index in [1.807, 2.05) is 12.1 Å². The number of benzene rings is 1. The van der Waals surface area contributed by atoms with Gasteiger partial charge in [0, 0.05) is 19.1 Å². The zero-order valence-corrected chi connectivity index (χ0v) is 11.9. The summed E-state index contributed by atoms with van der Waals surface area (Å²) < 4.78 is 0. The highest BCUT2D eigenvalue weighted by molar-refractivity contribution is 6.42. The molecule has 17 heavy (non-hydrogen) atoms. The summed E-state index contributed by atoms with van der Waals surface area (Å²) in [4.78, 5) is 0. The molecule has 0 aliphatic rings. The van der Waals surface area contributed by atoms with Crippen molar-refractivity contribution in [1.82, 2.24) is 10.6 Å². The van der Waals surface area contributed by atoms with E-state index < -0.39 is 0 Å². The third-order valence-electron chi connectivity index (χ3n) is 2.55. The second-order valence-corrected chi connectivity index (χ2v) is 4.98. The fraction of sp³-hybridized carbons (Fsp3) is 0.538. The average molecular weight is 275 g/mol. The van der Waals surface area contributed by atoms with Gasteiger partial charge in [0.1, 0.15) is 0 Å². The number of rotatable bonds is 7. The maximum absolute atomic E-state index is 6.12. The smallest absolute Gasteiger partial charge is 0.0637 e. The molecule has 0 spiro atoms. The highest BCUT2D eigenvalue weighted by Gasteiger charge is 2.06. The molecule has 0 fully saturated rings. The van der Waals surface area contributed by atoms with Gasteiger partial charge in [0.25, 0.3) is 0 Å². The Morgan fingerprint density at radius 2 is 2.06 bits per heavy atom. The zero-order chi connectivity index (χ0) is 12.7. The van der Waals surface area contributed by atoms with Gasteiger partial charge in [-0.05, 0) is 31.5 Å². The van der Waals surface area contributed by atoms with Gasteiger partial charge in [0.2, 0.25) is 0 Å². The summed E-state index contributed by atoms with van der Waals surface area (Å²) in [6.07, 6.45) is 1.16. The molecular weight excluding hydrogens is 255 g/mol. The van der Waals surface area contributed by atoms with E-state index in [9.17, 15) is 0 Å². The van der Waals surface area contributed by atoms with Crippen molar-refractivity contribution in [3.05, 3.63) is 33.8 Å². The maximum Gasteiger partial charge on any atom is 0.0637 e. The van der Waals surface area contributed by atoms with Gasteiger partial charge in [-0.3, -0.25) is 0 Å². The van der Waals surface area contributed by atoms with Crippen LogP contribution in [-0.2, 0) is 6.54 Å². The van der Waals surface area contributed by atoms with Gasteiger partial charge in [-0.15, -0.1) is 0 Å². The van der Waals surface area contributed by atoms with Crippen molar-refractivity contribution >= 4 is 23.2 Å². The lowest BCUT2D eigenvalue weighted by atomic mass is 10.2. The number of nitrogens with one attached hydrogen (secondary N) is 2. The fourth-order valence-electron chi connectivity index (χ4n) is 1.54. The molecule has 1 atom stereocenters. The summed E-state index contributed by atoms with van der Waals surface area (Å²) in [5.41, 5.74) is 1.04. The van der Waals surface area contributed by atoms with Crippen LogP contribution in [0.15, 0.2) is 18.2 Å². The Hall–Kier alpha value is -0.280. The van der Waals surface area contributed by atoms with Gasteiger partial charge in [-0.2, -0.15) is 0 Å². The first-order valence-corrected chi connectivity index (χ1v) is 6.77. The molecule has 96 valence electrons. The predicted octanol–water partition coefficient (Wildman–Crippen LogP) is 3.47. The summed E-state index contributed by atoms with van der Waals surface area (Å²) in [6.45, 7) is 7.09. The number of halogens is 2. The molecule has 0 aromatic heterocycles. The van der Waals surface area contributed by atoms with Crippen molar-refractivity contribution in [3.63, 3.8) is 0 Å². The summed E-state index contributed by atoms with van der Waals surface area (Å²) in [5.74, 6) is 0. The van der Waals surface area contributed by atoms with Crippen molar-refractivity contribution in [2.24, 2.45) is 0 Å². The van der Waals surface area contributed by atoms with Crippen LogP contribution in [0.3, 0.4) is 0 Å². The maximum atomic E-state index is 6.12. The molecule has 0 aliphatic heterocycles. The van der Waals surface area contributed by atoms with Crippen LogP contribution in [0, 0.1) is 0 Å². The minimum atomic E-state index is 0.414. The molecule has 2 N–H and O–H groups in total. The van der Waals surface area contributed by atoms with Crippen molar-refractivity contribution in [2.45, 2.75) is 32.9 Å². The molecule has 0 heterocycles. The second-order valence-electron chi connectivity index (χ2n) is 4.20. The minimum Gasteiger partial charge on any atom is -0.315 e. The number of hydrogen-bond donors (Lipinski definition) is 2. The third-order valence-corrected chi connectivity index (χ3v) is 3.41. The summed E-state index contributed by atoms with van der Waals surface area (Å²) in [7, 11) is 0. The fourth-order valence-corrected chi connectivity index (χ4v) is 1.92. The Balaban J connectivity index is 2.37. The van der Waals surface area contributed by atoms with Crippen LogP contribution in [0.1, 0.15) is 25.8 Å². The number of hydrogen-bond acceptors (Lipinski definition) is 2. The third kappa shape index (κ3) is 5.26. The van der Waals surface area contributed by atoms with E-state index in [1.54, 1.807) is 6.07 Å². The van der Waals surface area contributed by atoms with E-state index in [2.05, 4.69) is 24.5 Å². The lowest BCUT2D eigenvalue weighted by molar-refractivity contribution is 0.501. The van der Waals surface area contributed by atoms with E-state index in [-0.39, 0.29) is 0 Å². The monoisotopic (exact) mass is 274 g/mol. The van der Waals surface area contributed by atoms with Crippen LogP contribution < -0.4 is 10.6 Å². The van der Waals surface area contributed by atoms with Crippen molar-refractivity contribution < 1.29 is 0 Å². The molecule has 4 heteroatoms. The molecule has 1 unspecified atom stereocenters. The molecule has 0 saturated heterocycles. The molecule has 2 nitrogen and oxygen atoms in total. The largest absolute Gasteiger partial charge is 0.315 e. The Morgan fingerprint density at radius 1 is 1.29 bits per heavy atom. The molecule has 0 bridgehead atoms. The lowest BCUT2D eigenvalue weighted by Crippen LogP contribution is -2.36. The van der Waals surface area contributed by atoms with E-state index in [4.69, 9.17) is 23.2 Å². The highest BCUT2D eigenvalue weighted by Crippen LogP contribution is 2.25. The van der Waals surface area contributed by atoms with E-state index in [0.29, 0.717) is 16.1 Å². The van der Waals surface area contributed by atoms with Gasteiger partial charge in [0.05, 0.1) is 10.0 Å². The first-order valence-electron chi connectivity index (χ1n) is 6.02. The van der Waals surface area contributed by atoms with Gasteiger partial charge in [0.15, 0.2) is 0 Å². The van der Waals surface area contributed by atoms with Crippen LogP contribution in [0.4, 0.5) is 0 Å². The highest BCUT2D eigenvalue weighted by atomic mass is 35.5. The Morgan fingerprint density at radius 3 is 2.76 bits per heavy atom. The van der Waals surface area contributed by atoms with E-state index in [0.717, 1.165) is 31.6 Å². The van der Waals surface area contributed by atoms with Crippen LogP contribution >= 0.6 is 23.2 Å². The van der Waals surface area contributed by atoms with Crippen LogP contribution in [-0.4, -0.2) is 19.1 Å². The Labute approximate surface area is 114 Å². The summed E-state index contributed by atoms with van der Waals surface area (Å²) >= 11 is 12.1. The standard InChI is InChI=1S/C13H20Cl2N2/c1-3-7-16-8-10(2)17-9-11-5-4-6-12(14)13(11)15/h4-6,10,16-17H,3,7-9H2,1-2H3. The first-order chi connectivity index (χ1) is 8.15. The Bertz CT molecular complexity index is 342. The molecular formula is C13H20Cl2N2. The van der Waals surface area contributed by atoms with E-state index in [1.165, 1.54) is 0 Å². The Kier molecular flexibility index (Phi) is 6.90. The van der Waals surface area contributed by atoms with Crippen molar-refractivity contribution in [1.29, 1.82) is 0 Å². The first kappa shape index (κ1) is 14.8. The predicted molar refractivity (Wildman–Crippen MR) is 75.9 cm³/mol. The molecule has 0 aliphatic carbocycles. The summed E-state index contributed by atoms with van der Waals surface area (Å²) in [6, 6.07) is 6.13. The van der Waals surface area contributed by atoms with E-state index >= 15 is 0 Å². The normalized spacial score (nSPS) is 12.7. The van der Waals surface area contributed by atoms with Gasteiger partial charge in [-0.25, -0.2) is 0 Å². The molecule has 0 saturated carbocycles. The zero-order valence-electron chi connectivity index (χ0n) is 10.4. The van der Waals surface area contributed by atoms with Gasteiger partial charge in [-0.1, -0.05) is 42.3 Å². The molecule has 1 aromatic rings. The van der Waals surface area contributed by atoms with Crippen molar-refractivity contribution in [2.75, 3.05) is 13.1 Å². The van der Waals surface area contributed by atoms with Crippen LogP contribution in [0.5, 0.6) is 0 Å². The SMILES string of the molecule is CCCNCC(C)NCc1cccc(Cl)c1Cl. The average Bonchev–Trinajstić information content (AvgIpc) is 2.31. The van der Waals surface area contributed by atoms with Crippen LogP contribution in [0.25, 0.3) is 0 Å². The summed E-state index contributed by atoms with van der Waals surface area (Å²) in [5, 5.41) is 8.06. The van der Waals surface area contributed by atoms with Gasteiger partial charge >= 0.3 is 0 Å². The van der Waals surface area contributed by atoms with Crippen molar-refractivity contribution in [3.8, 4) is 0 Å².